The van der Waals surface area contributed by atoms with E-state index in [1.807, 2.05) is 38.1 Å². The molecule has 0 fully saturated rings. The normalized spacial score (nSPS) is 13.5. The zero-order valence-corrected chi connectivity index (χ0v) is 10.9. The first-order chi connectivity index (χ1) is 7.62. The Labute approximate surface area is 105 Å². The van der Waals surface area contributed by atoms with Crippen LogP contribution in [0.25, 0.3) is 0 Å². The van der Waals surface area contributed by atoms with Gasteiger partial charge in [0.2, 0.25) is 0 Å². The van der Waals surface area contributed by atoms with Crippen LogP contribution in [0.5, 0.6) is 0 Å². The number of hydrogen-bond donors (Lipinski definition) is 0. The Balaban J connectivity index is 2.97. The molecule has 82 valence electrons. The van der Waals surface area contributed by atoms with Gasteiger partial charge in [0.25, 0.3) is 0 Å². The SMILES string of the molecule is Cc1ccc(C(C)(CSC#N)SC#N)cc1. The molecule has 1 atom stereocenters. The minimum absolute atomic E-state index is 0.317. The van der Waals surface area contributed by atoms with Gasteiger partial charge in [-0.05, 0) is 42.9 Å². The number of nitriles is 2. The molecule has 0 aliphatic heterocycles. The zero-order valence-electron chi connectivity index (χ0n) is 9.23. The molecule has 0 aliphatic carbocycles. The van der Waals surface area contributed by atoms with E-state index >= 15 is 0 Å². The van der Waals surface area contributed by atoms with Crippen LogP contribution in [-0.4, -0.2) is 5.75 Å². The van der Waals surface area contributed by atoms with Gasteiger partial charge >= 0.3 is 0 Å². The lowest BCUT2D eigenvalue weighted by molar-refractivity contribution is 0.802. The lowest BCUT2D eigenvalue weighted by Gasteiger charge is -2.24. The second-order valence-electron chi connectivity index (χ2n) is 3.67. The van der Waals surface area contributed by atoms with E-state index in [0.29, 0.717) is 5.75 Å². The first-order valence-corrected chi connectivity index (χ1v) is 6.58. The van der Waals surface area contributed by atoms with Crippen molar-refractivity contribution in [3.05, 3.63) is 35.4 Å². The van der Waals surface area contributed by atoms with Gasteiger partial charge in [-0.15, -0.1) is 0 Å². The minimum Gasteiger partial charge on any atom is -0.185 e. The summed E-state index contributed by atoms with van der Waals surface area (Å²) in [5.74, 6) is 0.616. The Bertz CT molecular complexity index is 428. The molecule has 0 saturated heterocycles. The number of nitrogens with zero attached hydrogens (tertiary/aromatic N) is 2. The van der Waals surface area contributed by atoms with Gasteiger partial charge in [-0.25, -0.2) is 0 Å². The van der Waals surface area contributed by atoms with E-state index in [4.69, 9.17) is 10.5 Å². The van der Waals surface area contributed by atoms with Gasteiger partial charge in [0.05, 0.1) is 4.75 Å². The number of rotatable bonds is 4. The highest BCUT2D eigenvalue weighted by Gasteiger charge is 2.27. The maximum Gasteiger partial charge on any atom is 0.134 e. The van der Waals surface area contributed by atoms with Crippen molar-refractivity contribution >= 4 is 23.5 Å². The van der Waals surface area contributed by atoms with E-state index in [9.17, 15) is 0 Å². The van der Waals surface area contributed by atoms with Gasteiger partial charge < -0.3 is 0 Å². The van der Waals surface area contributed by atoms with Crippen molar-refractivity contribution in [3.63, 3.8) is 0 Å². The van der Waals surface area contributed by atoms with Crippen LogP contribution < -0.4 is 0 Å². The van der Waals surface area contributed by atoms with Crippen molar-refractivity contribution in [2.45, 2.75) is 18.6 Å². The van der Waals surface area contributed by atoms with Crippen LogP contribution in [0.15, 0.2) is 24.3 Å². The van der Waals surface area contributed by atoms with Crippen molar-refractivity contribution in [1.29, 1.82) is 10.5 Å². The molecule has 1 rings (SSSR count). The Morgan fingerprint density at radius 3 is 2.31 bits per heavy atom. The molecule has 0 amide bonds. The maximum absolute atomic E-state index is 8.84. The van der Waals surface area contributed by atoms with E-state index < -0.39 is 0 Å². The van der Waals surface area contributed by atoms with Gasteiger partial charge in [-0.1, -0.05) is 29.8 Å². The fourth-order valence-corrected chi connectivity index (χ4v) is 2.72. The monoisotopic (exact) mass is 248 g/mol. The van der Waals surface area contributed by atoms with Crippen LogP contribution in [0.1, 0.15) is 18.1 Å². The lowest BCUT2D eigenvalue weighted by atomic mass is 10.0. The zero-order chi connectivity index (χ0) is 12.0. The lowest BCUT2D eigenvalue weighted by Crippen LogP contribution is -2.19. The first kappa shape index (κ1) is 13.0. The summed E-state index contributed by atoms with van der Waals surface area (Å²) in [6, 6.07) is 8.11. The summed E-state index contributed by atoms with van der Waals surface area (Å²) in [5.41, 5.74) is 2.29. The third kappa shape index (κ3) is 3.20. The van der Waals surface area contributed by atoms with Gasteiger partial charge in [-0.3, -0.25) is 0 Å². The van der Waals surface area contributed by atoms with Gasteiger partial charge in [0.15, 0.2) is 0 Å². The fourth-order valence-electron chi connectivity index (χ4n) is 1.35. The molecule has 4 heteroatoms. The quantitative estimate of drug-likeness (QED) is 0.763. The number of hydrogen-bond acceptors (Lipinski definition) is 4. The Kier molecular flexibility index (Phi) is 4.73. The Hall–Kier alpha value is -1.10. The summed E-state index contributed by atoms with van der Waals surface area (Å²) >= 11 is 2.40. The topological polar surface area (TPSA) is 47.6 Å². The molecule has 0 saturated carbocycles. The smallest absolute Gasteiger partial charge is 0.134 e. The predicted octanol–water partition coefficient (Wildman–Crippen LogP) is 3.64. The molecular formula is C12H12N2S2. The van der Waals surface area contributed by atoms with Crippen LogP contribution in [0.4, 0.5) is 0 Å². The van der Waals surface area contributed by atoms with E-state index in [-0.39, 0.29) is 4.75 Å². The highest BCUT2D eigenvalue weighted by Crippen LogP contribution is 2.38. The highest BCUT2D eigenvalue weighted by atomic mass is 32.2. The van der Waals surface area contributed by atoms with Crippen LogP contribution in [0.3, 0.4) is 0 Å². The minimum atomic E-state index is -0.317. The number of aryl methyl sites for hydroxylation is 1. The van der Waals surface area contributed by atoms with Crippen LogP contribution in [0, 0.1) is 28.3 Å². The van der Waals surface area contributed by atoms with Crippen molar-refractivity contribution in [3.8, 4) is 10.8 Å². The van der Waals surface area contributed by atoms with Gasteiger partial charge in [0, 0.05) is 5.75 Å². The molecule has 16 heavy (non-hydrogen) atoms. The van der Waals surface area contributed by atoms with Crippen molar-refractivity contribution < 1.29 is 0 Å². The highest BCUT2D eigenvalue weighted by molar-refractivity contribution is 8.07. The molecule has 1 unspecified atom stereocenters. The third-order valence-electron chi connectivity index (χ3n) is 2.35. The number of benzene rings is 1. The van der Waals surface area contributed by atoms with E-state index in [2.05, 4.69) is 10.8 Å². The second kappa shape index (κ2) is 5.84. The van der Waals surface area contributed by atoms with Gasteiger partial charge in [0.1, 0.15) is 10.8 Å². The van der Waals surface area contributed by atoms with Gasteiger partial charge in [-0.2, -0.15) is 10.5 Å². The summed E-state index contributed by atoms with van der Waals surface area (Å²) in [6.07, 6.45) is 0. The number of thioether (sulfide) groups is 2. The van der Waals surface area contributed by atoms with Crippen LogP contribution in [0.2, 0.25) is 0 Å². The summed E-state index contributed by atoms with van der Waals surface area (Å²) < 4.78 is -0.317. The molecule has 1 aromatic carbocycles. The molecule has 0 N–H and O–H groups in total. The Morgan fingerprint density at radius 1 is 1.19 bits per heavy atom. The fraction of sp³-hybridized carbons (Fsp3) is 0.333. The van der Waals surface area contributed by atoms with Crippen molar-refractivity contribution in [1.82, 2.24) is 0 Å². The second-order valence-corrected chi connectivity index (χ2v) is 5.72. The van der Waals surface area contributed by atoms with E-state index in [1.54, 1.807) is 0 Å². The molecule has 0 aliphatic rings. The average molecular weight is 248 g/mol. The summed E-state index contributed by atoms with van der Waals surface area (Å²) in [6.45, 7) is 4.03. The third-order valence-corrected chi connectivity index (χ3v) is 4.30. The van der Waals surface area contributed by atoms with Crippen molar-refractivity contribution in [2.75, 3.05) is 5.75 Å². The predicted molar refractivity (Wildman–Crippen MR) is 69.8 cm³/mol. The summed E-state index contributed by atoms with van der Waals surface area (Å²) in [7, 11) is 0. The molecule has 0 aromatic heterocycles. The van der Waals surface area contributed by atoms with Crippen molar-refractivity contribution in [2.24, 2.45) is 0 Å². The molecule has 0 spiro atoms. The van der Waals surface area contributed by atoms with E-state index in [1.165, 1.54) is 29.1 Å². The molecule has 1 aromatic rings. The summed E-state index contributed by atoms with van der Waals surface area (Å²) in [4.78, 5) is 0. The molecule has 2 nitrogen and oxygen atoms in total. The average Bonchev–Trinajstić information content (AvgIpc) is 2.27. The Morgan fingerprint density at radius 2 is 1.81 bits per heavy atom. The van der Waals surface area contributed by atoms with Crippen LogP contribution in [-0.2, 0) is 4.75 Å². The number of thiocyanates is 2. The standard InChI is InChI=1S/C12H12N2S2/c1-10-3-5-11(6-4-10)12(2,16-9-14)7-15-8-13/h3-6H,7H2,1-2H3. The van der Waals surface area contributed by atoms with Crippen LogP contribution >= 0.6 is 23.5 Å². The molecule has 0 radical (unpaired) electrons. The largest absolute Gasteiger partial charge is 0.185 e. The molecule has 0 bridgehead atoms. The molecule has 0 heterocycles. The summed E-state index contributed by atoms with van der Waals surface area (Å²) in [5, 5.41) is 21.6. The maximum atomic E-state index is 8.84. The van der Waals surface area contributed by atoms with E-state index in [0.717, 1.165) is 5.56 Å². The molecular weight excluding hydrogens is 236 g/mol. The first-order valence-electron chi connectivity index (χ1n) is 4.77.